The second-order valence-electron chi connectivity index (χ2n) is 4.39. The van der Waals surface area contributed by atoms with Gasteiger partial charge < -0.3 is 4.74 Å². The summed E-state index contributed by atoms with van der Waals surface area (Å²) in [5.74, 6) is 0.637. The third-order valence-electron chi connectivity index (χ3n) is 2.80. The Morgan fingerprint density at radius 3 is 2.75 bits per heavy atom. The quantitative estimate of drug-likeness (QED) is 0.632. The van der Waals surface area contributed by atoms with Gasteiger partial charge in [-0.2, -0.15) is 4.98 Å². The molecule has 20 heavy (non-hydrogen) atoms. The standard InChI is InChI=1S/C14H10ClFN2OS/c1-7-5-9(16)3-4-11(7)19-12-10-6-8(2)20-13(10)18-14(15)17-12/h3-6H,1-2H3. The molecule has 0 radical (unpaired) electrons. The van der Waals surface area contributed by atoms with Crippen molar-refractivity contribution >= 4 is 33.2 Å². The number of ether oxygens (including phenoxy) is 1. The van der Waals surface area contributed by atoms with E-state index in [0.717, 1.165) is 15.1 Å². The van der Waals surface area contributed by atoms with E-state index in [9.17, 15) is 4.39 Å². The van der Waals surface area contributed by atoms with E-state index in [-0.39, 0.29) is 11.1 Å². The van der Waals surface area contributed by atoms with Crippen molar-refractivity contribution in [3.63, 3.8) is 0 Å². The van der Waals surface area contributed by atoms with Gasteiger partial charge in [-0.15, -0.1) is 11.3 Å². The van der Waals surface area contributed by atoms with Gasteiger partial charge in [0.2, 0.25) is 11.2 Å². The fourth-order valence-electron chi connectivity index (χ4n) is 1.90. The van der Waals surface area contributed by atoms with Gasteiger partial charge in [-0.1, -0.05) is 0 Å². The number of thiophene rings is 1. The highest BCUT2D eigenvalue weighted by Crippen LogP contribution is 2.34. The van der Waals surface area contributed by atoms with E-state index in [2.05, 4.69) is 9.97 Å². The van der Waals surface area contributed by atoms with E-state index >= 15 is 0 Å². The molecule has 0 fully saturated rings. The maximum atomic E-state index is 13.1. The maximum absolute atomic E-state index is 13.1. The van der Waals surface area contributed by atoms with Gasteiger partial charge in [-0.3, -0.25) is 0 Å². The molecule has 0 unspecified atom stereocenters. The van der Waals surface area contributed by atoms with E-state index < -0.39 is 0 Å². The van der Waals surface area contributed by atoms with Crippen molar-refractivity contribution in [3.05, 3.63) is 45.8 Å². The highest BCUT2D eigenvalue weighted by molar-refractivity contribution is 7.18. The molecule has 1 aromatic carbocycles. The zero-order valence-corrected chi connectivity index (χ0v) is 12.3. The smallest absolute Gasteiger partial charge is 0.232 e. The molecule has 0 saturated heterocycles. The summed E-state index contributed by atoms with van der Waals surface area (Å²) in [5.41, 5.74) is 0.694. The first kappa shape index (κ1) is 13.3. The number of aryl methyl sites for hydroxylation is 2. The fourth-order valence-corrected chi connectivity index (χ4v) is 2.98. The minimum atomic E-state index is -0.299. The molecule has 0 aliphatic carbocycles. The van der Waals surface area contributed by atoms with Crippen LogP contribution >= 0.6 is 22.9 Å². The molecular formula is C14H10ClFN2OS. The van der Waals surface area contributed by atoms with Gasteiger partial charge in [0.15, 0.2) is 0 Å². The van der Waals surface area contributed by atoms with Crippen molar-refractivity contribution in [2.24, 2.45) is 0 Å². The molecule has 0 saturated carbocycles. The lowest BCUT2D eigenvalue weighted by Crippen LogP contribution is -1.93. The largest absolute Gasteiger partial charge is 0.438 e. The molecular weight excluding hydrogens is 299 g/mol. The summed E-state index contributed by atoms with van der Waals surface area (Å²) in [7, 11) is 0. The topological polar surface area (TPSA) is 35.0 Å². The van der Waals surface area contributed by atoms with Crippen LogP contribution in [0.15, 0.2) is 24.3 Å². The van der Waals surface area contributed by atoms with Gasteiger partial charge in [0.25, 0.3) is 0 Å². The molecule has 0 amide bonds. The third kappa shape index (κ3) is 2.46. The van der Waals surface area contributed by atoms with E-state index in [1.807, 2.05) is 13.0 Å². The summed E-state index contributed by atoms with van der Waals surface area (Å²) in [4.78, 5) is 10.2. The summed E-state index contributed by atoms with van der Waals surface area (Å²) in [6.07, 6.45) is 0. The van der Waals surface area contributed by atoms with Gasteiger partial charge in [0.05, 0.1) is 5.39 Å². The summed E-state index contributed by atoms with van der Waals surface area (Å²) in [6, 6.07) is 6.28. The Morgan fingerprint density at radius 2 is 2.00 bits per heavy atom. The van der Waals surface area contributed by atoms with Crippen molar-refractivity contribution in [2.75, 3.05) is 0 Å². The molecule has 0 aliphatic heterocycles. The maximum Gasteiger partial charge on any atom is 0.232 e. The van der Waals surface area contributed by atoms with E-state index in [1.54, 1.807) is 13.0 Å². The molecule has 0 atom stereocenters. The van der Waals surface area contributed by atoms with Crippen LogP contribution in [-0.2, 0) is 0 Å². The molecule has 2 heterocycles. The summed E-state index contributed by atoms with van der Waals surface area (Å²) in [5, 5.41) is 0.940. The molecule has 2 aromatic heterocycles. The van der Waals surface area contributed by atoms with Crippen LogP contribution in [0.4, 0.5) is 4.39 Å². The SMILES string of the molecule is Cc1cc2c(Oc3ccc(F)cc3C)nc(Cl)nc2s1. The van der Waals surface area contributed by atoms with Crippen LogP contribution in [0.5, 0.6) is 11.6 Å². The summed E-state index contributed by atoms with van der Waals surface area (Å²) >= 11 is 7.43. The first-order valence-corrected chi connectivity index (χ1v) is 7.10. The van der Waals surface area contributed by atoms with Crippen molar-refractivity contribution in [2.45, 2.75) is 13.8 Å². The van der Waals surface area contributed by atoms with E-state index in [0.29, 0.717) is 17.2 Å². The zero-order valence-electron chi connectivity index (χ0n) is 10.8. The van der Waals surface area contributed by atoms with Gasteiger partial charge >= 0.3 is 0 Å². The number of aromatic nitrogens is 2. The van der Waals surface area contributed by atoms with Crippen LogP contribution in [0.25, 0.3) is 10.2 Å². The Morgan fingerprint density at radius 1 is 1.20 bits per heavy atom. The Hall–Kier alpha value is -1.72. The number of fused-ring (bicyclic) bond motifs is 1. The monoisotopic (exact) mass is 308 g/mol. The van der Waals surface area contributed by atoms with Crippen molar-refractivity contribution in [3.8, 4) is 11.6 Å². The zero-order chi connectivity index (χ0) is 14.3. The van der Waals surface area contributed by atoms with Crippen LogP contribution in [0.3, 0.4) is 0 Å². The minimum Gasteiger partial charge on any atom is -0.438 e. The van der Waals surface area contributed by atoms with Crippen LogP contribution in [0.1, 0.15) is 10.4 Å². The lowest BCUT2D eigenvalue weighted by atomic mass is 10.2. The summed E-state index contributed by atoms with van der Waals surface area (Å²) < 4.78 is 18.9. The Balaban J connectivity index is 2.10. The Bertz CT molecular complexity index is 803. The first-order chi connectivity index (χ1) is 9.52. The van der Waals surface area contributed by atoms with Crippen LogP contribution in [0, 0.1) is 19.7 Å². The van der Waals surface area contributed by atoms with Crippen LogP contribution in [-0.4, -0.2) is 9.97 Å². The number of rotatable bonds is 2. The number of benzene rings is 1. The summed E-state index contributed by atoms with van der Waals surface area (Å²) in [6.45, 7) is 3.75. The number of hydrogen-bond donors (Lipinski definition) is 0. The lowest BCUT2D eigenvalue weighted by molar-refractivity contribution is 0.463. The Kier molecular flexibility index (Phi) is 3.31. The van der Waals surface area contributed by atoms with Crippen molar-refractivity contribution in [1.82, 2.24) is 9.97 Å². The number of nitrogens with zero attached hydrogens (tertiary/aromatic N) is 2. The molecule has 0 spiro atoms. The van der Waals surface area contributed by atoms with Crippen LogP contribution in [0.2, 0.25) is 5.28 Å². The highest BCUT2D eigenvalue weighted by atomic mass is 35.5. The second kappa shape index (κ2) is 5.00. The highest BCUT2D eigenvalue weighted by Gasteiger charge is 2.13. The van der Waals surface area contributed by atoms with Gasteiger partial charge in [0.1, 0.15) is 16.4 Å². The molecule has 3 nitrogen and oxygen atoms in total. The molecule has 0 bridgehead atoms. The van der Waals surface area contributed by atoms with E-state index in [1.165, 1.54) is 23.5 Å². The molecule has 0 aliphatic rings. The van der Waals surface area contributed by atoms with E-state index in [4.69, 9.17) is 16.3 Å². The predicted molar refractivity (Wildman–Crippen MR) is 78.4 cm³/mol. The lowest BCUT2D eigenvalue weighted by Gasteiger charge is -2.08. The van der Waals surface area contributed by atoms with Gasteiger partial charge in [-0.05, 0) is 55.3 Å². The van der Waals surface area contributed by atoms with Crippen molar-refractivity contribution < 1.29 is 9.13 Å². The molecule has 6 heteroatoms. The molecule has 0 N–H and O–H groups in total. The average Bonchev–Trinajstić information content (AvgIpc) is 2.73. The van der Waals surface area contributed by atoms with Crippen molar-refractivity contribution in [1.29, 1.82) is 0 Å². The molecule has 3 rings (SSSR count). The normalized spacial score (nSPS) is 11.0. The Labute approximate surface area is 124 Å². The van der Waals surface area contributed by atoms with Gasteiger partial charge in [-0.25, -0.2) is 9.37 Å². The predicted octanol–water partition coefficient (Wildman–Crippen LogP) is 4.89. The van der Waals surface area contributed by atoms with Gasteiger partial charge in [0, 0.05) is 4.88 Å². The molecule has 102 valence electrons. The third-order valence-corrected chi connectivity index (χ3v) is 3.91. The average molecular weight is 309 g/mol. The minimum absolute atomic E-state index is 0.133. The molecule has 3 aromatic rings. The first-order valence-electron chi connectivity index (χ1n) is 5.90. The second-order valence-corrected chi connectivity index (χ2v) is 5.96. The number of hydrogen-bond acceptors (Lipinski definition) is 4. The number of halogens is 2. The fraction of sp³-hybridized carbons (Fsp3) is 0.143. The van der Waals surface area contributed by atoms with Crippen LogP contribution < -0.4 is 4.74 Å².